The molecule has 1 fully saturated rings. The first-order valence-electron chi connectivity index (χ1n) is 8.80. The third-order valence-corrected chi connectivity index (χ3v) is 4.92. The molecule has 2 heterocycles. The smallest absolute Gasteiger partial charge is 0.199 e. The minimum absolute atomic E-state index is 0.300. The SMILES string of the molecule is C=CCn1c(C)nn(CN(Cc2ccccc2)CC2CCCO2)c1=S. The van der Waals surface area contributed by atoms with Gasteiger partial charge in [-0.3, -0.25) is 4.90 Å². The van der Waals surface area contributed by atoms with Crippen molar-refractivity contribution in [2.45, 2.75) is 45.6 Å². The van der Waals surface area contributed by atoms with Gasteiger partial charge >= 0.3 is 0 Å². The van der Waals surface area contributed by atoms with Crippen molar-refractivity contribution in [2.24, 2.45) is 0 Å². The minimum Gasteiger partial charge on any atom is -0.377 e. The summed E-state index contributed by atoms with van der Waals surface area (Å²) in [4.78, 5) is 2.37. The van der Waals surface area contributed by atoms with Gasteiger partial charge in [-0.1, -0.05) is 36.4 Å². The van der Waals surface area contributed by atoms with Gasteiger partial charge in [0.25, 0.3) is 0 Å². The summed E-state index contributed by atoms with van der Waals surface area (Å²) < 4.78 is 10.5. The lowest BCUT2D eigenvalue weighted by atomic mass is 10.2. The van der Waals surface area contributed by atoms with Crippen LogP contribution in [-0.4, -0.2) is 38.5 Å². The van der Waals surface area contributed by atoms with Crippen LogP contribution in [0.15, 0.2) is 43.0 Å². The molecule has 0 spiro atoms. The number of benzene rings is 1. The maximum Gasteiger partial charge on any atom is 0.199 e. The highest BCUT2D eigenvalue weighted by atomic mass is 32.1. The van der Waals surface area contributed by atoms with E-state index in [-0.39, 0.29) is 0 Å². The molecule has 1 atom stereocenters. The molecule has 3 rings (SSSR count). The molecule has 0 aliphatic carbocycles. The van der Waals surface area contributed by atoms with Gasteiger partial charge in [-0.05, 0) is 37.5 Å². The molecule has 1 aliphatic rings. The van der Waals surface area contributed by atoms with Crippen molar-refractivity contribution in [3.8, 4) is 0 Å². The summed E-state index contributed by atoms with van der Waals surface area (Å²) in [5.41, 5.74) is 1.29. The Morgan fingerprint density at radius 1 is 1.40 bits per heavy atom. The minimum atomic E-state index is 0.300. The van der Waals surface area contributed by atoms with Gasteiger partial charge < -0.3 is 9.30 Å². The first-order valence-corrected chi connectivity index (χ1v) is 9.21. The highest BCUT2D eigenvalue weighted by molar-refractivity contribution is 7.71. The van der Waals surface area contributed by atoms with Crippen molar-refractivity contribution in [1.29, 1.82) is 0 Å². The van der Waals surface area contributed by atoms with E-state index in [0.717, 1.165) is 43.1 Å². The normalized spacial score (nSPS) is 17.3. The lowest BCUT2D eigenvalue weighted by Gasteiger charge is -2.25. The van der Waals surface area contributed by atoms with Crippen molar-refractivity contribution in [3.63, 3.8) is 0 Å². The zero-order valence-electron chi connectivity index (χ0n) is 14.8. The Kier molecular flexibility index (Phi) is 6.18. The molecule has 0 radical (unpaired) electrons. The fraction of sp³-hybridized carbons (Fsp3) is 0.474. The standard InChI is InChI=1S/C19H26N4OS/c1-3-11-22-16(2)20-23(19(22)25)15-21(14-18-10-7-12-24-18)13-17-8-5-4-6-9-17/h3-6,8-9,18H,1,7,10-15H2,2H3. The summed E-state index contributed by atoms with van der Waals surface area (Å²) in [6.45, 7) is 9.76. The number of hydrogen-bond donors (Lipinski definition) is 0. The van der Waals surface area contributed by atoms with Crippen LogP contribution in [-0.2, 0) is 24.5 Å². The molecule has 2 aromatic rings. The monoisotopic (exact) mass is 358 g/mol. The van der Waals surface area contributed by atoms with Crippen molar-refractivity contribution in [3.05, 3.63) is 59.1 Å². The molecule has 6 heteroatoms. The van der Waals surface area contributed by atoms with Gasteiger partial charge in [0.15, 0.2) is 4.77 Å². The van der Waals surface area contributed by atoms with E-state index in [4.69, 9.17) is 17.0 Å². The molecular formula is C19H26N4OS. The van der Waals surface area contributed by atoms with E-state index in [9.17, 15) is 0 Å². The quantitative estimate of drug-likeness (QED) is 0.534. The number of aromatic nitrogens is 3. The summed E-state index contributed by atoms with van der Waals surface area (Å²) in [7, 11) is 0. The Hall–Kier alpha value is -1.76. The van der Waals surface area contributed by atoms with E-state index in [1.165, 1.54) is 5.56 Å². The number of rotatable bonds is 8. The number of hydrogen-bond acceptors (Lipinski definition) is 4. The molecule has 1 saturated heterocycles. The van der Waals surface area contributed by atoms with Crippen molar-refractivity contribution >= 4 is 12.2 Å². The zero-order valence-corrected chi connectivity index (χ0v) is 15.6. The summed E-state index contributed by atoms with van der Waals surface area (Å²) in [5.74, 6) is 0.918. The summed E-state index contributed by atoms with van der Waals surface area (Å²) in [5, 5.41) is 4.63. The Morgan fingerprint density at radius 3 is 2.88 bits per heavy atom. The predicted octanol–water partition coefficient (Wildman–Crippen LogP) is 3.55. The Balaban J connectivity index is 1.77. The van der Waals surface area contributed by atoms with Gasteiger partial charge in [0, 0.05) is 26.2 Å². The highest BCUT2D eigenvalue weighted by Crippen LogP contribution is 2.16. The molecule has 5 nitrogen and oxygen atoms in total. The molecule has 1 aromatic heterocycles. The van der Waals surface area contributed by atoms with Crippen LogP contribution in [0, 0.1) is 11.7 Å². The third kappa shape index (κ3) is 4.66. The first kappa shape index (κ1) is 18.0. The molecule has 1 aliphatic heterocycles. The van der Waals surface area contributed by atoms with Crippen LogP contribution in [0.4, 0.5) is 0 Å². The molecule has 25 heavy (non-hydrogen) atoms. The summed E-state index contributed by atoms with van der Waals surface area (Å²) in [6, 6.07) is 10.5. The van der Waals surface area contributed by atoms with Crippen LogP contribution in [0.25, 0.3) is 0 Å². The molecule has 1 aromatic carbocycles. The van der Waals surface area contributed by atoms with E-state index >= 15 is 0 Å². The van der Waals surface area contributed by atoms with Crippen molar-refractivity contribution in [2.75, 3.05) is 13.2 Å². The molecule has 134 valence electrons. The van der Waals surface area contributed by atoms with Gasteiger partial charge in [0.1, 0.15) is 5.82 Å². The lowest BCUT2D eigenvalue weighted by molar-refractivity contribution is 0.0566. The fourth-order valence-electron chi connectivity index (χ4n) is 3.26. The number of aryl methyl sites for hydroxylation is 1. The average Bonchev–Trinajstić information content (AvgIpc) is 3.20. The van der Waals surface area contributed by atoms with Gasteiger partial charge in [0.05, 0.1) is 12.8 Å². The molecule has 0 N–H and O–H groups in total. The maximum absolute atomic E-state index is 5.84. The Labute approximate surface area is 154 Å². The van der Waals surface area contributed by atoms with Gasteiger partial charge in [0.2, 0.25) is 0 Å². The van der Waals surface area contributed by atoms with Crippen LogP contribution in [0.1, 0.15) is 24.2 Å². The Bertz CT molecular complexity index is 747. The topological polar surface area (TPSA) is 35.2 Å². The number of allylic oxidation sites excluding steroid dienone is 1. The predicted molar refractivity (Wildman–Crippen MR) is 102 cm³/mol. The first-order chi connectivity index (χ1) is 12.2. The van der Waals surface area contributed by atoms with Crippen LogP contribution in [0.5, 0.6) is 0 Å². The highest BCUT2D eigenvalue weighted by Gasteiger charge is 2.20. The zero-order chi connectivity index (χ0) is 17.6. The van der Waals surface area contributed by atoms with Crippen LogP contribution >= 0.6 is 12.2 Å². The van der Waals surface area contributed by atoms with E-state index in [2.05, 4.69) is 40.8 Å². The Morgan fingerprint density at radius 2 is 2.20 bits per heavy atom. The second-order valence-electron chi connectivity index (χ2n) is 6.50. The molecule has 0 amide bonds. The second-order valence-corrected chi connectivity index (χ2v) is 6.87. The van der Waals surface area contributed by atoms with E-state index in [1.807, 2.05) is 28.3 Å². The van der Waals surface area contributed by atoms with E-state index in [0.29, 0.717) is 19.3 Å². The largest absolute Gasteiger partial charge is 0.377 e. The molecular weight excluding hydrogens is 332 g/mol. The number of nitrogens with zero attached hydrogens (tertiary/aromatic N) is 4. The molecule has 1 unspecified atom stereocenters. The third-order valence-electron chi connectivity index (χ3n) is 4.49. The average molecular weight is 359 g/mol. The van der Waals surface area contributed by atoms with Crippen LogP contribution < -0.4 is 0 Å². The van der Waals surface area contributed by atoms with Crippen molar-refractivity contribution in [1.82, 2.24) is 19.2 Å². The summed E-state index contributed by atoms with van der Waals surface area (Å²) in [6.07, 6.45) is 4.43. The van der Waals surface area contributed by atoms with Gasteiger partial charge in [-0.15, -0.1) is 6.58 Å². The fourth-order valence-corrected chi connectivity index (χ4v) is 3.57. The van der Waals surface area contributed by atoms with Crippen LogP contribution in [0.3, 0.4) is 0 Å². The number of ether oxygens (including phenoxy) is 1. The summed E-state index contributed by atoms with van der Waals surface area (Å²) >= 11 is 5.60. The van der Waals surface area contributed by atoms with Crippen LogP contribution in [0.2, 0.25) is 0 Å². The molecule has 0 bridgehead atoms. The van der Waals surface area contributed by atoms with Gasteiger partial charge in [-0.25, -0.2) is 4.68 Å². The van der Waals surface area contributed by atoms with E-state index < -0.39 is 0 Å². The molecule has 0 saturated carbocycles. The van der Waals surface area contributed by atoms with Gasteiger partial charge in [-0.2, -0.15) is 5.10 Å². The van der Waals surface area contributed by atoms with Crippen molar-refractivity contribution < 1.29 is 4.74 Å². The van der Waals surface area contributed by atoms with E-state index in [1.54, 1.807) is 0 Å². The lowest BCUT2D eigenvalue weighted by Crippen LogP contribution is -2.34. The second kappa shape index (κ2) is 8.56. The maximum atomic E-state index is 5.84.